The molecule has 0 bridgehead atoms. The van der Waals surface area contributed by atoms with E-state index in [1.54, 1.807) is 23.1 Å². The number of aliphatic carboxylic acids is 1. The summed E-state index contributed by atoms with van der Waals surface area (Å²) >= 11 is 6.01. The number of hydrogen-bond acceptors (Lipinski definition) is 5. The number of aromatic nitrogens is 4. The van der Waals surface area contributed by atoms with Crippen molar-refractivity contribution in [3.8, 4) is 5.69 Å². The molecule has 0 saturated carbocycles. The first kappa shape index (κ1) is 15.4. The Bertz CT molecular complexity index is 734. The Kier molecular flexibility index (Phi) is 4.24. The van der Waals surface area contributed by atoms with E-state index >= 15 is 0 Å². The van der Waals surface area contributed by atoms with Crippen molar-refractivity contribution in [2.24, 2.45) is 5.92 Å². The van der Waals surface area contributed by atoms with Gasteiger partial charge in [0.2, 0.25) is 0 Å². The van der Waals surface area contributed by atoms with Crippen LogP contribution in [0.1, 0.15) is 23.2 Å². The lowest BCUT2D eigenvalue weighted by atomic mass is 9.97. The molecule has 1 aliphatic heterocycles. The smallest absolute Gasteiger partial charge is 0.308 e. The summed E-state index contributed by atoms with van der Waals surface area (Å²) in [4.78, 5) is 25.5. The minimum Gasteiger partial charge on any atom is -0.481 e. The van der Waals surface area contributed by atoms with Crippen molar-refractivity contribution in [2.45, 2.75) is 12.8 Å². The third kappa shape index (κ3) is 3.16. The second-order valence-electron chi connectivity index (χ2n) is 5.34. The second-order valence-corrected chi connectivity index (χ2v) is 5.78. The van der Waals surface area contributed by atoms with Crippen molar-refractivity contribution in [3.05, 3.63) is 35.1 Å². The molecule has 0 spiro atoms. The predicted molar refractivity (Wildman–Crippen MR) is 80.4 cm³/mol. The van der Waals surface area contributed by atoms with E-state index in [0.717, 1.165) is 0 Å². The molecular formula is C14H14ClN5O3. The first-order valence-corrected chi connectivity index (χ1v) is 7.49. The van der Waals surface area contributed by atoms with Crippen LogP contribution in [0.15, 0.2) is 24.5 Å². The highest BCUT2D eigenvalue weighted by Gasteiger charge is 2.30. The highest BCUT2D eigenvalue weighted by Crippen LogP contribution is 2.24. The summed E-state index contributed by atoms with van der Waals surface area (Å²) in [5, 5.41) is 20.5. The van der Waals surface area contributed by atoms with Crippen molar-refractivity contribution < 1.29 is 14.7 Å². The van der Waals surface area contributed by atoms with Crippen LogP contribution < -0.4 is 0 Å². The van der Waals surface area contributed by atoms with Crippen LogP contribution >= 0.6 is 11.6 Å². The van der Waals surface area contributed by atoms with Crippen molar-refractivity contribution >= 4 is 23.5 Å². The number of carboxylic acid groups (broad SMARTS) is 1. The van der Waals surface area contributed by atoms with Gasteiger partial charge in [-0.25, -0.2) is 0 Å². The number of tetrazole rings is 1. The Labute approximate surface area is 136 Å². The Morgan fingerprint density at radius 3 is 2.87 bits per heavy atom. The number of halogens is 1. The first-order chi connectivity index (χ1) is 11.1. The third-order valence-corrected chi connectivity index (χ3v) is 4.08. The van der Waals surface area contributed by atoms with Gasteiger partial charge in [-0.15, -0.1) is 5.10 Å². The molecule has 1 aliphatic rings. The lowest BCUT2D eigenvalue weighted by Gasteiger charge is -2.31. The fourth-order valence-electron chi connectivity index (χ4n) is 2.68. The summed E-state index contributed by atoms with van der Waals surface area (Å²) in [6.07, 6.45) is 2.62. The molecule has 1 saturated heterocycles. The average Bonchev–Trinajstić information content (AvgIpc) is 3.08. The summed E-state index contributed by atoms with van der Waals surface area (Å²) in [5.74, 6) is -1.69. The van der Waals surface area contributed by atoms with Crippen molar-refractivity contribution in [1.29, 1.82) is 0 Å². The van der Waals surface area contributed by atoms with Crippen LogP contribution in [0.3, 0.4) is 0 Å². The van der Waals surface area contributed by atoms with E-state index < -0.39 is 11.9 Å². The molecule has 1 fully saturated rings. The maximum Gasteiger partial charge on any atom is 0.308 e. The molecule has 1 N–H and O–H groups in total. The van der Waals surface area contributed by atoms with E-state index in [2.05, 4.69) is 15.5 Å². The fourth-order valence-corrected chi connectivity index (χ4v) is 2.86. The molecule has 3 rings (SSSR count). The fraction of sp³-hybridized carbons (Fsp3) is 0.357. The first-order valence-electron chi connectivity index (χ1n) is 7.11. The largest absolute Gasteiger partial charge is 0.481 e. The molecule has 0 radical (unpaired) electrons. The molecule has 1 atom stereocenters. The number of piperidine rings is 1. The van der Waals surface area contributed by atoms with Gasteiger partial charge in [-0.2, -0.15) is 4.68 Å². The van der Waals surface area contributed by atoms with Crippen LogP contribution in [0.25, 0.3) is 5.69 Å². The van der Waals surface area contributed by atoms with Crippen molar-refractivity contribution in [1.82, 2.24) is 25.1 Å². The Morgan fingerprint density at radius 2 is 2.17 bits per heavy atom. The second kappa shape index (κ2) is 6.33. The quantitative estimate of drug-likeness (QED) is 0.906. The normalized spacial score (nSPS) is 18.0. The lowest BCUT2D eigenvalue weighted by Crippen LogP contribution is -2.42. The standard InChI is InChI=1S/C14H14ClN5O3/c15-10-3-4-12(20-8-16-17-18-20)11(6-10)13(21)19-5-1-2-9(7-19)14(22)23/h3-4,6,8-9H,1-2,5,7H2,(H,22,23)/t9-/m0/s1. The molecule has 8 nitrogen and oxygen atoms in total. The number of carboxylic acids is 1. The van der Waals surface area contributed by atoms with E-state index in [-0.39, 0.29) is 12.5 Å². The van der Waals surface area contributed by atoms with Crippen LogP contribution in [0, 0.1) is 5.92 Å². The van der Waals surface area contributed by atoms with E-state index in [0.29, 0.717) is 35.7 Å². The molecule has 1 amide bonds. The van der Waals surface area contributed by atoms with Crippen molar-refractivity contribution in [2.75, 3.05) is 13.1 Å². The van der Waals surface area contributed by atoms with E-state index in [9.17, 15) is 9.59 Å². The number of benzene rings is 1. The van der Waals surface area contributed by atoms with E-state index in [1.807, 2.05) is 0 Å². The molecule has 1 aromatic heterocycles. The maximum atomic E-state index is 12.8. The Morgan fingerprint density at radius 1 is 1.35 bits per heavy atom. The molecule has 2 aromatic rings. The van der Waals surface area contributed by atoms with Crippen LogP contribution in [-0.4, -0.2) is 55.2 Å². The van der Waals surface area contributed by atoms with Crippen LogP contribution in [-0.2, 0) is 4.79 Å². The number of nitrogens with zero attached hydrogens (tertiary/aromatic N) is 5. The Hall–Kier alpha value is -2.48. The molecule has 2 heterocycles. The summed E-state index contributed by atoms with van der Waals surface area (Å²) in [7, 11) is 0. The molecule has 120 valence electrons. The van der Waals surface area contributed by atoms with Crippen LogP contribution in [0.4, 0.5) is 0 Å². The maximum absolute atomic E-state index is 12.8. The summed E-state index contributed by atoms with van der Waals surface area (Å²) in [6, 6.07) is 4.85. The van der Waals surface area contributed by atoms with Gasteiger partial charge in [-0.1, -0.05) is 11.6 Å². The minimum atomic E-state index is -0.880. The summed E-state index contributed by atoms with van der Waals surface area (Å²) in [6.45, 7) is 0.708. The van der Waals surface area contributed by atoms with Gasteiger partial charge in [0.1, 0.15) is 6.33 Å². The highest BCUT2D eigenvalue weighted by molar-refractivity contribution is 6.31. The predicted octanol–water partition coefficient (Wildman–Crippen LogP) is 1.25. The van der Waals surface area contributed by atoms with Gasteiger partial charge >= 0.3 is 5.97 Å². The van der Waals surface area contributed by atoms with Gasteiger partial charge in [0, 0.05) is 18.1 Å². The number of carbonyl (C=O) groups is 2. The van der Waals surface area contributed by atoms with Gasteiger partial charge < -0.3 is 10.0 Å². The van der Waals surface area contributed by atoms with E-state index in [1.165, 1.54) is 11.0 Å². The average molecular weight is 336 g/mol. The van der Waals surface area contributed by atoms with Crippen LogP contribution in [0.5, 0.6) is 0 Å². The number of hydrogen-bond donors (Lipinski definition) is 1. The molecule has 0 unspecified atom stereocenters. The summed E-state index contributed by atoms with van der Waals surface area (Å²) in [5.41, 5.74) is 0.845. The molecular weight excluding hydrogens is 322 g/mol. The van der Waals surface area contributed by atoms with Gasteiger partial charge in [-0.3, -0.25) is 9.59 Å². The highest BCUT2D eigenvalue weighted by atomic mass is 35.5. The summed E-state index contributed by atoms with van der Waals surface area (Å²) < 4.78 is 1.38. The van der Waals surface area contributed by atoms with Crippen LogP contribution in [0.2, 0.25) is 5.02 Å². The van der Waals surface area contributed by atoms with E-state index in [4.69, 9.17) is 16.7 Å². The van der Waals surface area contributed by atoms with Gasteiger partial charge in [-0.05, 0) is 41.5 Å². The van der Waals surface area contributed by atoms with Crippen molar-refractivity contribution in [3.63, 3.8) is 0 Å². The zero-order valence-corrected chi connectivity index (χ0v) is 12.8. The lowest BCUT2D eigenvalue weighted by molar-refractivity contribution is -0.143. The third-order valence-electron chi connectivity index (χ3n) is 3.84. The number of rotatable bonds is 3. The molecule has 1 aromatic carbocycles. The SMILES string of the molecule is O=C(O)[C@H]1CCCN(C(=O)c2cc(Cl)ccc2-n2cnnn2)C1. The minimum absolute atomic E-state index is 0.190. The zero-order chi connectivity index (χ0) is 16.4. The number of carbonyl (C=O) groups excluding carboxylic acids is 1. The number of amides is 1. The monoisotopic (exact) mass is 335 g/mol. The Balaban J connectivity index is 1.93. The van der Waals surface area contributed by atoms with Gasteiger partial charge in [0.25, 0.3) is 5.91 Å². The van der Waals surface area contributed by atoms with Gasteiger partial charge in [0.15, 0.2) is 0 Å². The number of likely N-dealkylation sites (tertiary alicyclic amines) is 1. The molecule has 23 heavy (non-hydrogen) atoms. The molecule has 9 heteroatoms. The zero-order valence-electron chi connectivity index (χ0n) is 12.1. The van der Waals surface area contributed by atoms with Gasteiger partial charge in [0.05, 0.1) is 17.2 Å². The topological polar surface area (TPSA) is 101 Å². The molecule has 0 aliphatic carbocycles.